The van der Waals surface area contributed by atoms with E-state index in [1.165, 1.54) is 0 Å². The van der Waals surface area contributed by atoms with Gasteiger partial charge in [0.25, 0.3) is 0 Å². The molecule has 0 spiro atoms. The van der Waals surface area contributed by atoms with Crippen LogP contribution < -0.4 is 0 Å². The lowest BCUT2D eigenvalue weighted by atomic mass is 10.3. The van der Waals surface area contributed by atoms with Crippen molar-refractivity contribution < 1.29 is 9.53 Å². The molecule has 1 aliphatic heterocycles. The molecule has 9 heavy (non-hydrogen) atoms. The number of carbonyl (C=O) groups excluding carboxylic acids is 1. The van der Waals surface area contributed by atoms with Crippen LogP contribution in [0.2, 0.25) is 0 Å². The first-order valence-electron chi connectivity index (χ1n) is 2.76. The zero-order valence-electron chi connectivity index (χ0n) is 5.55. The Hall–Kier alpha value is -0.990. The maximum atomic E-state index is 10.7. The summed E-state index contributed by atoms with van der Waals surface area (Å²) < 4.78 is 4.68. The van der Waals surface area contributed by atoms with Gasteiger partial charge in [-0.3, -0.25) is 0 Å². The van der Waals surface area contributed by atoms with Crippen LogP contribution in [0.3, 0.4) is 0 Å². The molecule has 0 unspecified atom stereocenters. The minimum Gasteiger partial charge on any atom is -0.409 e. The molecule has 0 radical (unpaired) electrons. The molecule has 1 aliphatic rings. The molecule has 0 N–H and O–H groups in total. The maximum absolute atomic E-state index is 10.7. The highest BCUT2D eigenvalue weighted by Gasteiger charge is 2.29. The number of cyclic esters (lactones) is 1. The van der Waals surface area contributed by atoms with Crippen molar-refractivity contribution in [1.29, 1.82) is 0 Å². The van der Waals surface area contributed by atoms with Crippen LogP contribution in [0.4, 0.5) is 0 Å². The fourth-order valence-electron chi connectivity index (χ4n) is 0.647. The topological polar surface area (TPSA) is 29.5 Å². The van der Waals surface area contributed by atoms with Crippen molar-refractivity contribution in [3.63, 3.8) is 0 Å². The third-order valence-corrected chi connectivity index (χ3v) is 1.53. The van der Waals surface area contributed by atoms with E-state index < -0.39 is 0 Å². The SMILES string of the molecule is C=C1OC(=O)[C@H](C)N1C. The van der Waals surface area contributed by atoms with Gasteiger partial charge in [-0.05, 0) is 13.5 Å². The molecule has 1 heterocycles. The molecule has 1 fully saturated rings. The van der Waals surface area contributed by atoms with Crippen molar-refractivity contribution in [1.82, 2.24) is 4.90 Å². The smallest absolute Gasteiger partial charge is 0.335 e. The molecule has 3 heteroatoms. The summed E-state index contributed by atoms with van der Waals surface area (Å²) in [6.45, 7) is 5.30. The molecule has 0 aromatic carbocycles. The second-order valence-corrected chi connectivity index (χ2v) is 2.10. The van der Waals surface area contributed by atoms with E-state index in [9.17, 15) is 4.79 Å². The maximum Gasteiger partial charge on any atom is 0.335 e. The summed E-state index contributed by atoms with van der Waals surface area (Å²) in [5.41, 5.74) is 0. The number of carbonyl (C=O) groups is 1. The molecule has 1 atom stereocenters. The van der Waals surface area contributed by atoms with Gasteiger partial charge in [-0.2, -0.15) is 0 Å². The Morgan fingerprint density at radius 1 is 1.78 bits per heavy atom. The van der Waals surface area contributed by atoms with Gasteiger partial charge in [0.1, 0.15) is 6.04 Å². The number of esters is 1. The average molecular weight is 127 g/mol. The Balaban J connectivity index is 2.77. The zero-order chi connectivity index (χ0) is 7.02. The van der Waals surface area contributed by atoms with Crippen molar-refractivity contribution in [2.75, 3.05) is 7.05 Å². The fraction of sp³-hybridized carbons (Fsp3) is 0.500. The minimum atomic E-state index is -0.220. The van der Waals surface area contributed by atoms with E-state index in [-0.39, 0.29) is 12.0 Å². The van der Waals surface area contributed by atoms with Gasteiger partial charge >= 0.3 is 5.97 Å². The van der Waals surface area contributed by atoms with Crippen molar-refractivity contribution in [2.45, 2.75) is 13.0 Å². The molecule has 0 bridgehead atoms. The van der Waals surface area contributed by atoms with Crippen LogP contribution >= 0.6 is 0 Å². The Bertz CT molecular complexity index is 146. The van der Waals surface area contributed by atoms with E-state index in [0.29, 0.717) is 5.88 Å². The average Bonchev–Trinajstić information content (AvgIpc) is 1.98. The number of hydrogen-bond donors (Lipinski definition) is 0. The highest BCUT2D eigenvalue weighted by atomic mass is 16.6. The predicted molar refractivity (Wildman–Crippen MR) is 32.5 cm³/mol. The summed E-state index contributed by atoms with van der Waals surface area (Å²) in [6, 6.07) is -0.169. The van der Waals surface area contributed by atoms with Crippen molar-refractivity contribution >= 4 is 5.97 Å². The molecule has 50 valence electrons. The van der Waals surface area contributed by atoms with E-state index in [4.69, 9.17) is 0 Å². The van der Waals surface area contributed by atoms with Crippen LogP contribution in [-0.2, 0) is 9.53 Å². The second kappa shape index (κ2) is 1.76. The molecule has 0 aromatic rings. The van der Waals surface area contributed by atoms with E-state index >= 15 is 0 Å². The van der Waals surface area contributed by atoms with Gasteiger partial charge in [-0.15, -0.1) is 0 Å². The number of likely N-dealkylation sites (N-methyl/N-ethyl adjacent to an activating group) is 1. The molecule has 0 saturated carbocycles. The summed E-state index contributed by atoms with van der Waals surface area (Å²) in [4.78, 5) is 12.4. The van der Waals surface area contributed by atoms with Crippen molar-refractivity contribution in [3.05, 3.63) is 12.5 Å². The van der Waals surface area contributed by atoms with E-state index in [0.717, 1.165) is 0 Å². The van der Waals surface area contributed by atoms with E-state index in [1.54, 1.807) is 18.9 Å². The predicted octanol–water partition coefficient (Wildman–Crippen LogP) is 0.335. The summed E-state index contributed by atoms with van der Waals surface area (Å²) >= 11 is 0. The molecule has 3 nitrogen and oxygen atoms in total. The Kier molecular flexibility index (Phi) is 1.20. The largest absolute Gasteiger partial charge is 0.409 e. The number of ether oxygens (including phenoxy) is 1. The summed E-state index contributed by atoms with van der Waals surface area (Å²) in [6.07, 6.45) is 0. The molecule has 0 aromatic heterocycles. The Morgan fingerprint density at radius 3 is 2.44 bits per heavy atom. The monoisotopic (exact) mass is 127 g/mol. The summed E-state index contributed by atoms with van der Waals surface area (Å²) in [5.74, 6) is 0.218. The number of nitrogens with zero attached hydrogens (tertiary/aromatic N) is 1. The number of hydrogen-bond acceptors (Lipinski definition) is 3. The zero-order valence-corrected chi connectivity index (χ0v) is 5.55. The molecule has 0 aliphatic carbocycles. The molecule has 0 amide bonds. The van der Waals surface area contributed by atoms with Gasteiger partial charge in [-0.25, -0.2) is 4.79 Å². The molecule has 1 saturated heterocycles. The fourth-order valence-corrected chi connectivity index (χ4v) is 0.647. The van der Waals surface area contributed by atoms with Gasteiger partial charge in [0.2, 0.25) is 0 Å². The van der Waals surface area contributed by atoms with Gasteiger partial charge in [0, 0.05) is 7.05 Å². The Morgan fingerprint density at radius 2 is 2.33 bits per heavy atom. The van der Waals surface area contributed by atoms with Crippen LogP contribution in [0.1, 0.15) is 6.92 Å². The van der Waals surface area contributed by atoms with E-state index in [1.807, 2.05) is 0 Å². The van der Waals surface area contributed by atoms with E-state index in [2.05, 4.69) is 11.3 Å². The minimum absolute atomic E-state index is 0.169. The quantitative estimate of drug-likeness (QED) is 0.439. The second-order valence-electron chi connectivity index (χ2n) is 2.10. The summed E-state index contributed by atoms with van der Waals surface area (Å²) in [7, 11) is 1.78. The highest BCUT2D eigenvalue weighted by molar-refractivity contribution is 5.78. The van der Waals surface area contributed by atoms with Crippen LogP contribution in [-0.4, -0.2) is 24.0 Å². The van der Waals surface area contributed by atoms with Crippen LogP contribution in [0.5, 0.6) is 0 Å². The van der Waals surface area contributed by atoms with Gasteiger partial charge in [0.15, 0.2) is 5.88 Å². The number of rotatable bonds is 0. The molecule has 1 rings (SSSR count). The van der Waals surface area contributed by atoms with Gasteiger partial charge < -0.3 is 9.64 Å². The first kappa shape index (κ1) is 6.13. The lowest BCUT2D eigenvalue weighted by Gasteiger charge is -2.10. The van der Waals surface area contributed by atoms with Crippen LogP contribution in [0, 0.1) is 0 Å². The molecular formula is C6H9NO2. The lowest BCUT2D eigenvalue weighted by molar-refractivity contribution is -0.136. The summed E-state index contributed by atoms with van der Waals surface area (Å²) in [5, 5.41) is 0. The first-order valence-corrected chi connectivity index (χ1v) is 2.76. The lowest BCUT2D eigenvalue weighted by Crippen LogP contribution is -2.24. The highest BCUT2D eigenvalue weighted by Crippen LogP contribution is 2.16. The van der Waals surface area contributed by atoms with Crippen molar-refractivity contribution in [2.24, 2.45) is 0 Å². The normalized spacial score (nSPS) is 26.9. The van der Waals surface area contributed by atoms with Crippen molar-refractivity contribution in [3.8, 4) is 0 Å². The molecular weight excluding hydrogens is 118 g/mol. The van der Waals surface area contributed by atoms with Gasteiger partial charge in [0.05, 0.1) is 0 Å². The Labute approximate surface area is 53.9 Å². The standard InChI is InChI=1S/C6H9NO2/c1-4-6(8)9-5(2)7(4)3/h4H,2H2,1,3H3/t4-/m0/s1. The van der Waals surface area contributed by atoms with Crippen LogP contribution in [0.25, 0.3) is 0 Å². The van der Waals surface area contributed by atoms with Gasteiger partial charge in [-0.1, -0.05) is 0 Å². The third-order valence-electron chi connectivity index (χ3n) is 1.53. The third kappa shape index (κ3) is 0.781. The first-order chi connectivity index (χ1) is 4.13. The van der Waals surface area contributed by atoms with Crippen LogP contribution in [0.15, 0.2) is 12.5 Å².